The standard InChI is InChI=1S/C14H16OSi/c1-2-11-8-9-13(10-14(11)16-15)12-6-4-3-5-7-12/h3-10,15H,2,16H2,1H3. The highest BCUT2D eigenvalue weighted by atomic mass is 28.2. The average molecular weight is 228 g/mol. The first-order valence-corrected chi connectivity index (χ1v) is 6.97. The SMILES string of the molecule is CCc1ccc(-c2ccccc2)cc1[SiH2]O. The summed E-state index contributed by atoms with van der Waals surface area (Å²) < 4.78 is 0. The van der Waals surface area contributed by atoms with Gasteiger partial charge < -0.3 is 4.80 Å². The van der Waals surface area contributed by atoms with E-state index in [1.807, 2.05) is 18.2 Å². The van der Waals surface area contributed by atoms with Gasteiger partial charge in [-0.3, -0.25) is 0 Å². The van der Waals surface area contributed by atoms with Crippen LogP contribution in [-0.4, -0.2) is 14.6 Å². The van der Waals surface area contributed by atoms with Gasteiger partial charge in [0.2, 0.25) is 0 Å². The molecule has 0 heterocycles. The van der Waals surface area contributed by atoms with Gasteiger partial charge in [-0.2, -0.15) is 0 Å². The molecule has 0 atom stereocenters. The van der Waals surface area contributed by atoms with Crippen molar-refractivity contribution < 1.29 is 4.80 Å². The summed E-state index contributed by atoms with van der Waals surface area (Å²) >= 11 is 0. The smallest absolute Gasteiger partial charge is 0.188 e. The predicted molar refractivity (Wildman–Crippen MR) is 71.7 cm³/mol. The van der Waals surface area contributed by atoms with E-state index in [0.717, 1.165) is 6.42 Å². The van der Waals surface area contributed by atoms with Crippen molar-refractivity contribution in [1.29, 1.82) is 0 Å². The molecule has 2 aromatic rings. The number of rotatable bonds is 3. The van der Waals surface area contributed by atoms with Crippen molar-refractivity contribution in [3.05, 3.63) is 54.1 Å². The Kier molecular flexibility index (Phi) is 3.54. The quantitative estimate of drug-likeness (QED) is 0.792. The van der Waals surface area contributed by atoms with Crippen LogP contribution in [0.15, 0.2) is 48.5 Å². The summed E-state index contributed by atoms with van der Waals surface area (Å²) in [5.74, 6) is 0. The molecule has 0 aromatic heterocycles. The van der Waals surface area contributed by atoms with Gasteiger partial charge in [-0.15, -0.1) is 0 Å². The van der Waals surface area contributed by atoms with E-state index in [-0.39, 0.29) is 0 Å². The lowest BCUT2D eigenvalue weighted by Gasteiger charge is -2.08. The van der Waals surface area contributed by atoms with E-state index in [9.17, 15) is 4.80 Å². The maximum absolute atomic E-state index is 9.46. The van der Waals surface area contributed by atoms with Gasteiger partial charge in [0.25, 0.3) is 0 Å². The molecule has 0 aliphatic rings. The number of benzene rings is 2. The summed E-state index contributed by atoms with van der Waals surface area (Å²) in [5.41, 5.74) is 3.71. The first-order chi connectivity index (χ1) is 7.85. The van der Waals surface area contributed by atoms with Crippen LogP contribution in [-0.2, 0) is 6.42 Å². The summed E-state index contributed by atoms with van der Waals surface area (Å²) in [5, 5.41) is 1.17. The fourth-order valence-electron chi connectivity index (χ4n) is 1.93. The summed E-state index contributed by atoms with van der Waals surface area (Å²) in [6.45, 7) is 2.13. The maximum atomic E-state index is 9.46. The molecule has 0 bridgehead atoms. The summed E-state index contributed by atoms with van der Waals surface area (Å²) in [6, 6.07) is 16.7. The normalized spacial score (nSPS) is 11.1. The van der Waals surface area contributed by atoms with Crippen LogP contribution in [0.4, 0.5) is 0 Å². The van der Waals surface area contributed by atoms with Gasteiger partial charge in [-0.05, 0) is 28.3 Å². The van der Waals surface area contributed by atoms with Crippen molar-refractivity contribution in [3.63, 3.8) is 0 Å². The molecule has 1 nitrogen and oxygen atoms in total. The van der Waals surface area contributed by atoms with Crippen LogP contribution in [0.1, 0.15) is 12.5 Å². The molecule has 0 aliphatic heterocycles. The third-order valence-electron chi connectivity index (χ3n) is 2.86. The molecule has 0 fully saturated rings. The van der Waals surface area contributed by atoms with Gasteiger partial charge in [0.05, 0.1) is 0 Å². The fraction of sp³-hybridized carbons (Fsp3) is 0.143. The van der Waals surface area contributed by atoms with Crippen LogP contribution in [0, 0.1) is 0 Å². The molecule has 16 heavy (non-hydrogen) atoms. The zero-order valence-corrected chi connectivity index (χ0v) is 10.9. The fourth-order valence-corrected chi connectivity index (χ4v) is 2.81. The molecule has 0 saturated carbocycles. The molecule has 0 aliphatic carbocycles. The van der Waals surface area contributed by atoms with Gasteiger partial charge in [-0.25, -0.2) is 0 Å². The minimum atomic E-state index is -1.07. The lowest BCUT2D eigenvalue weighted by molar-refractivity contribution is 0.615. The van der Waals surface area contributed by atoms with Gasteiger partial charge >= 0.3 is 0 Å². The molecule has 1 N–H and O–H groups in total. The highest BCUT2D eigenvalue weighted by Gasteiger charge is 2.03. The van der Waals surface area contributed by atoms with Crippen molar-refractivity contribution in [1.82, 2.24) is 0 Å². The van der Waals surface area contributed by atoms with E-state index in [1.54, 1.807) is 0 Å². The van der Waals surface area contributed by atoms with Crippen LogP contribution in [0.25, 0.3) is 11.1 Å². The first-order valence-electron chi connectivity index (χ1n) is 5.63. The van der Waals surface area contributed by atoms with Crippen LogP contribution in [0.2, 0.25) is 0 Å². The Hall–Kier alpha value is -1.38. The number of hydrogen-bond acceptors (Lipinski definition) is 1. The maximum Gasteiger partial charge on any atom is 0.188 e. The Morgan fingerprint density at radius 2 is 1.75 bits per heavy atom. The predicted octanol–water partition coefficient (Wildman–Crippen LogP) is 1.62. The molecule has 0 radical (unpaired) electrons. The lowest BCUT2D eigenvalue weighted by atomic mass is 10.0. The zero-order valence-electron chi connectivity index (χ0n) is 9.48. The molecule has 2 heteroatoms. The third kappa shape index (κ3) is 2.23. The Morgan fingerprint density at radius 1 is 1.00 bits per heavy atom. The molecule has 2 rings (SSSR count). The minimum absolute atomic E-state index is 0.998. The van der Waals surface area contributed by atoms with E-state index in [1.165, 1.54) is 21.9 Å². The van der Waals surface area contributed by atoms with Crippen molar-refractivity contribution in [2.24, 2.45) is 0 Å². The molecular weight excluding hydrogens is 212 g/mol. The second-order valence-corrected chi connectivity index (χ2v) is 4.94. The Balaban J connectivity index is 2.44. The first kappa shape index (κ1) is 11.1. The molecule has 82 valence electrons. The topological polar surface area (TPSA) is 20.2 Å². The Morgan fingerprint density at radius 3 is 2.38 bits per heavy atom. The molecular formula is C14H16OSi. The van der Waals surface area contributed by atoms with E-state index in [4.69, 9.17) is 0 Å². The van der Waals surface area contributed by atoms with Crippen LogP contribution in [0.5, 0.6) is 0 Å². The van der Waals surface area contributed by atoms with Crippen molar-refractivity contribution >= 4 is 14.9 Å². The summed E-state index contributed by atoms with van der Waals surface area (Å²) in [6.07, 6.45) is 0.998. The van der Waals surface area contributed by atoms with Crippen LogP contribution in [0.3, 0.4) is 0 Å². The van der Waals surface area contributed by atoms with E-state index < -0.39 is 9.76 Å². The summed E-state index contributed by atoms with van der Waals surface area (Å²) in [7, 11) is -1.07. The van der Waals surface area contributed by atoms with Crippen molar-refractivity contribution in [3.8, 4) is 11.1 Å². The molecule has 0 spiro atoms. The van der Waals surface area contributed by atoms with E-state index >= 15 is 0 Å². The molecule has 0 unspecified atom stereocenters. The Bertz CT molecular complexity index is 465. The van der Waals surface area contributed by atoms with Crippen molar-refractivity contribution in [2.75, 3.05) is 0 Å². The second-order valence-electron chi connectivity index (χ2n) is 3.86. The zero-order chi connectivity index (χ0) is 11.4. The molecule has 0 saturated heterocycles. The Labute approximate surface area is 98.7 Å². The lowest BCUT2D eigenvalue weighted by Crippen LogP contribution is -2.18. The van der Waals surface area contributed by atoms with Gasteiger partial charge in [0, 0.05) is 0 Å². The monoisotopic (exact) mass is 228 g/mol. The largest absolute Gasteiger partial charge is 0.433 e. The van der Waals surface area contributed by atoms with E-state index in [0.29, 0.717) is 0 Å². The van der Waals surface area contributed by atoms with Crippen LogP contribution >= 0.6 is 0 Å². The molecule has 2 aromatic carbocycles. The second kappa shape index (κ2) is 5.10. The van der Waals surface area contributed by atoms with Gasteiger partial charge in [-0.1, -0.05) is 55.5 Å². The average Bonchev–Trinajstić information content (AvgIpc) is 2.39. The number of aryl methyl sites for hydroxylation is 1. The summed E-state index contributed by atoms with van der Waals surface area (Å²) in [4.78, 5) is 9.46. The highest BCUT2D eigenvalue weighted by molar-refractivity contribution is 6.46. The van der Waals surface area contributed by atoms with Crippen LogP contribution < -0.4 is 5.19 Å². The van der Waals surface area contributed by atoms with Crippen molar-refractivity contribution in [2.45, 2.75) is 13.3 Å². The number of hydrogen-bond donors (Lipinski definition) is 1. The van der Waals surface area contributed by atoms with Gasteiger partial charge in [0.15, 0.2) is 9.76 Å². The van der Waals surface area contributed by atoms with Gasteiger partial charge in [0.1, 0.15) is 0 Å². The highest BCUT2D eigenvalue weighted by Crippen LogP contribution is 2.18. The molecule has 0 amide bonds. The third-order valence-corrected chi connectivity index (χ3v) is 3.86. The minimum Gasteiger partial charge on any atom is -0.433 e. The van der Waals surface area contributed by atoms with E-state index in [2.05, 4.69) is 37.3 Å².